The summed E-state index contributed by atoms with van der Waals surface area (Å²) in [5, 5.41) is 5.60. The number of halogens is 1. The number of aliphatic imine (C=N–C) groups is 1. The molecule has 3 aromatic rings. The van der Waals surface area contributed by atoms with E-state index >= 15 is 0 Å². The van der Waals surface area contributed by atoms with Crippen LogP contribution in [0.3, 0.4) is 0 Å². The molecule has 5 nitrogen and oxygen atoms in total. The summed E-state index contributed by atoms with van der Waals surface area (Å²) in [5.74, 6) is -0.349. The Bertz CT molecular complexity index is 1110. The third kappa shape index (κ3) is 4.28. The van der Waals surface area contributed by atoms with Crippen LogP contribution in [0.1, 0.15) is 6.42 Å². The van der Waals surface area contributed by atoms with Crippen molar-refractivity contribution in [2.45, 2.75) is 11.7 Å². The molecule has 0 saturated carbocycles. The van der Waals surface area contributed by atoms with E-state index in [1.807, 2.05) is 42.5 Å². The van der Waals surface area contributed by atoms with Crippen molar-refractivity contribution in [1.29, 1.82) is 0 Å². The molecule has 1 fully saturated rings. The van der Waals surface area contributed by atoms with E-state index in [-0.39, 0.29) is 18.2 Å². The predicted octanol–water partition coefficient (Wildman–Crippen LogP) is 5.08. The Morgan fingerprint density at radius 1 is 1.10 bits per heavy atom. The molecule has 3 aromatic carbocycles. The number of thioether (sulfide) groups is 1. The molecule has 1 heterocycles. The molecule has 1 aliphatic heterocycles. The van der Waals surface area contributed by atoms with Crippen molar-refractivity contribution in [2.24, 2.45) is 4.99 Å². The molecular formula is C22H18ClN3O2S. The fraction of sp³-hybridized carbons (Fsp3) is 0.136. The van der Waals surface area contributed by atoms with Gasteiger partial charge in [-0.25, -0.2) is 4.99 Å². The minimum absolute atomic E-state index is 0.0744. The van der Waals surface area contributed by atoms with Gasteiger partial charge in [-0.2, -0.15) is 0 Å². The van der Waals surface area contributed by atoms with Gasteiger partial charge < -0.3 is 5.32 Å². The van der Waals surface area contributed by atoms with Crippen molar-refractivity contribution in [2.75, 3.05) is 12.4 Å². The van der Waals surface area contributed by atoms with Crippen molar-refractivity contribution in [3.8, 4) is 0 Å². The highest BCUT2D eigenvalue weighted by Gasteiger charge is 2.37. The number of amides is 2. The summed E-state index contributed by atoms with van der Waals surface area (Å²) < 4.78 is 0. The van der Waals surface area contributed by atoms with Crippen LogP contribution < -0.4 is 5.32 Å². The summed E-state index contributed by atoms with van der Waals surface area (Å²) in [5.41, 5.74) is 1.45. The summed E-state index contributed by atoms with van der Waals surface area (Å²) >= 11 is 7.18. The zero-order valence-corrected chi connectivity index (χ0v) is 17.2. The van der Waals surface area contributed by atoms with Gasteiger partial charge in [0.1, 0.15) is 5.25 Å². The number of hydrogen-bond donors (Lipinski definition) is 1. The van der Waals surface area contributed by atoms with Crippen LogP contribution in [0.25, 0.3) is 10.8 Å². The molecule has 1 atom stereocenters. The third-order valence-electron chi connectivity index (χ3n) is 4.62. The van der Waals surface area contributed by atoms with E-state index in [0.717, 1.165) is 16.5 Å². The zero-order chi connectivity index (χ0) is 20.4. The van der Waals surface area contributed by atoms with Gasteiger partial charge in [0.2, 0.25) is 11.8 Å². The second-order valence-corrected chi connectivity index (χ2v) is 8.26. The fourth-order valence-electron chi connectivity index (χ4n) is 3.12. The van der Waals surface area contributed by atoms with Crippen LogP contribution in [0.15, 0.2) is 71.7 Å². The molecule has 1 saturated heterocycles. The van der Waals surface area contributed by atoms with E-state index in [9.17, 15) is 9.59 Å². The predicted molar refractivity (Wildman–Crippen MR) is 120 cm³/mol. The first-order valence-electron chi connectivity index (χ1n) is 9.07. The van der Waals surface area contributed by atoms with Crippen molar-refractivity contribution >= 4 is 62.5 Å². The largest absolute Gasteiger partial charge is 0.326 e. The first kappa shape index (κ1) is 19.5. The van der Waals surface area contributed by atoms with Crippen molar-refractivity contribution in [3.63, 3.8) is 0 Å². The number of nitrogens with zero attached hydrogens (tertiary/aromatic N) is 2. The molecule has 1 N–H and O–H groups in total. The molecule has 0 bridgehead atoms. The number of carbonyl (C=O) groups excluding carboxylic acids is 2. The van der Waals surface area contributed by atoms with Gasteiger partial charge in [-0.05, 0) is 35.7 Å². The second-order valence-electron chi connectivity index (χ2n) is 6.66. The van der Waals surface area contributed by atoms with Crippen LogP contribution >= 0.6 is 23.4 Å². The van der Waals surface area contributed by atoms with E-state index in [1.54, 1.807) is 31.3 Å². The molecule has 0 spiro atoms. The highest BCUT2D eigenvalue weighted by atomic mass is 35.5. The Balaban J connectivity index is 1.50. The van der Waals surface area contributed by atoms with Gasteiger partial charge in [-0.3, -0.25) is 14.5 Å². The molecule has 1 aliphatic rings. The van der Waals surface area contributed by atoms with Gasteiger partial charge in [0, 0.05) is 29.6 Å². The maximum absolute atomic E-state index is 12.6. The summed E-state index contributed by atoms with van der Waals surface area (Å²) in [7, 11) is 1.69. The number of nitrogens with one attached hydrogen (secondary N) is 1. The number of hydrogen-bond acceptors (Lipinski definition) is 4. The number of benzene rings is 3. The second kappa shape index (κ2) is 8.27. The number of rotatable bonds is 4. The Labute approximate surface area is 177 Å². The molecule has 2 amide bonds. The van der Waals surface area contributed by atoms with E-state index < -0.39 is 5.25 Å². The number of carbonyl (C=O) groups is 2. The molecule has 7 heteroatoms. The monoisotopic (exact) mass is 423 g/mol. The number of anilines is 1. The third-order valence-corrected chi connectivity index (χ3v) is 6.10. The highest BCUT2D eigenvalue weighted by Crippen LogP contribution is 2.33. The smallest absolute Gasteiger partial charge is 0.242 e. The zero-order valence-electron chi connectivity index (χ0n) is 15.6. The molecule has 0 aromatic heterocycles. The van der Waals surface area contributed by atoms with Crippen molar-refractivity contribution in [1.82, 2.24) is 4.90 Å². The summed E-state index contributed by atoms with van der Waals surface area (Å²) in [6, 6.07) is 20.7. The topological polar surface area (TPSA) is 61.8 Å². The van der Waals surface area contributed by atoms with Gasteiger partial charge in [0.25, 0.3) is 0 Å². The Hall–Kier alpha value is -2.83. The van der Waals surface area contributed by atoms with Gasteiger partial charge in [-0.1, -0.05) is 59.8 Å². The van der Waals surface area contributed by atoms with Crippen LogP contribution in [-0.2, 0) is 9.59 Å². The first-order chi connectivity index (χ1) is 14.0. The summed E-state index contributed by atoms with van der Waals surface area (Å²) in [6.45, 7) is 0. The van der Waals surface area contributed by atoms with Gasteiger partial charge in [-0.15, -0.1) is 0 Å². The van der Waals surface area contributed by atoms with Gasteiger partial charge in [0.05, 0.1) is 5.69 Å². The standard InChI is InChI=1S/C22H18ClN3O2S/c1-26-21(28)19(13-20(27)24-16-11-9-15(23)10-12-16)29-22(26)25-18-8-4-6-14-5-2-3-7-17(14)18/h2-12,19H,13H2,1H3,(H,24,27). The molecular weight excluding hydrogens is 406 g/mol. The van der Waals surface area contributed by atoms with E-state index in [1.165, 1.54) is 16.7 Å². The van der Waals surface area contributed by atoms with Crippen LogP contribution in [0, 0.1) is 0 Å². The Kier molecular flexibility index (Phi) is 5.56. The maximum Gasteiger partial charge on any atom is 0.242 e. The minimum Gasteiger partial charge on any atom is -0.326 e. The van der Waals surface area contributed by atoms with Crippen molar-refractivity contribution < 1.29 is 9.59 Å². The Morgan fingerprint density at radius 2 is 1.83 bits per heavy atom. The average Bonchev–Trinajstić information content (AvgIpc) is 2.98. The lowest BCUT2D eigenvalue weighted by atomic mass is 10.1. The van der Waals surface area contributed by atoms with Crippen LogP contribution in [0.4, 0.5) is 11.4 Å². The molecule has 4 rings (SSSR count). The lowest BCUT2D eigenvalue weighted by Gasteiger charge is -2.10. The van der Waals surface area contributed by atoms with Gasteiger partial charge >= 0.3 is 0 Å². The number of amidine groups is 1. The molecule has 1 unspecified atom stereocenters. The normalized spacial score (nSPS) is 17.9. The Morgan fingerprint density at radius 3 is 2.62 bits per heavy atom. The van der Waals surface area contributed by atoms with E-state index in [2.05, 4.69) is 5.32 Å². The highest BCUT2D eigenvalue weighted by molar-refractivity contribution is 8.15. The quantitative estimate of drug-likeness (QED) is 0.636. The van der Waals surface area contributed by atoms with Crippen LogP contribution in [-0.4, -0.2) is 34.2 Å². The molecule has 146 valence electrons. The minimum atomic E-state index is -0.499. The van der Waals surface area contributed by atoms with E-state index in [4.69, 9.17) is 16.6 Å². The maximum atomic E-state index is 12.6. The summed E-state index contributed by atoms with van der Waals surface area (Å²) in [4.78, 5) is 31.2. The van der Waals surface area contributed by atoms with E-state index in [0.29, 0.717) is 15.9 Å². The summed E-state index contributed by atoms with van der Waals surface area (Å²) in [6.07, 6.45) is 0.0744. The average molecular weight is 424 g/mol. The van der Waals surface area contributed by atoms with Crippen molar-refractivity contribution in [3.05, 3.63) is 71.8 Å². The molecule has 0 radical (unpaired) electrons. The SMILES string of the molecule is CN1C(=O)C(CC(=O)Nc2ccc(Cl)cc2)SC1=Nc1cccc2ccccc12. The first-order valence-corrected chi connectivity index (χ1v) is 10.3. The number of fused-ring (bicyclic) bond motifs is 1. The fourth-order valence-corrected chi connectivity index (χ4v) is 4.39. The lowest BCUT2D eigenvalue weighted by Crippen LogP contribution is -2.30. The molecule has 0 aliphatic carbocycles. The van der Waals surface area contributed by atoms with Gasteiger partial charge in [0.15, 0.2) is 5.17 Å². The molecule has 29 heavy (non-hydrogen) atoms. The lowest BCUT2D eigenvalue weighted by molar-refractivity contribution is -0.127. The van der Waals surface area contributed by atoms with Crippen LogP contribution in [0.5, 0.6) is 0 Å². The van der Waals surface area contributed by atoms with Crippen LogP contribution in [0.2, 0.25) is 5.02 Å².